The highest BCUT2D eigenvalue weighted by atomic mass is 79.9. The molecule has 0 heterocycles. The lowest BCUT2D eigenvalue weighted by Crippen LogP contribution is -2.44. The van der Waals surface area contributed by atoms with E-state index >= 15 is 0 Å². The predicted molar refractivity (Wildman–Crippen MR) is 96.8 cm³/mol. The number of carbonyl (C=O) groups excluding carboxylic acids is 1. The molecule has 2 rings (SSSR count). The van der Waals surface area contributed by atoms with Crippen LogP contribution in [0.4, 0.5) is 4.79 Å². The highest BCUT2D eigenvalue weighted by Crippen LogP contribution is 2.37. The molecule has 0 aromatic heterocycles. The Morgan fingerprint density at radius 2 is 2.09 bits per heavy atom. The summed E-state index contributed by atoms with van der Waals surface area (Å²) in [5.41, 5.74) is 0.965. The van der Waals surface area contributed by atoms with Gasteiger partial charge in [-0.3, -0.25) is 0 Å². The fraction of sp³-hybridized carbons (Fsp3) is 0.611. The number of nitrogens with zero attached hydrogens (tertiary/aromatic N) is 1. The first-order valence-electron chi connectivity index (χ1n) is 8.17. The molecule has 23 heavy (non-hydrogen) atoms. The van der Waals surface area contributed by atoms with E-state index in [1.54, 1.807) is 11.9 Å². The monoisotopic (exact) mass is 382 g/mol. The van der Waals surface area contributed by atoms with Crippen LogP contribution in [0, 0.1) is 0 Å². The minimum atomic E-state index is -0.441. The Hall–Kier alpha value is -1.07. The molecule has 0 radical (unpaired) electrons. The summed E-state index contributed by atoms with van der Waals surface area (Å²) in [4.78, 5) is 13.5. The molecule has 1 aliphatic rings. The lowest BCUT2D eigenvalue weighted by molar-refractivity contribution is 0.0298. The van der Waals surface area contributed by atoms with Crippen molar-refractivity contribution in [1.82, 2.24) is 10.2 Å². The van der Waals surface area contributed by atoms with Crippen molar-refractivity contribution in [3.8, 4) is 0 Å². The number of hydrogen-bond acceptors (Lipinski definition) is 3. The number of carbonyl (C=O) groups is 1. The van der Waals surface area contributed by atoms with Crippen LogP contribution in [0.2, 0.25) is 0 Å². The molecule has 0 aliphatic heterocycles. The minimum Gasteiger partial charge on any atom is -0.444 e. The third kappa shape index (κ3) is 5.81. The Morgan fingerprint density at radius 3 is 2.70 bits per heavy atom. The van der Waals surface area contributed by atoms with Gasteiger partial charge in [0.15, 0.2) is 0 Å². The summed E-state index contributed by atoms with van der Waals surface area (Å²) >= 11 is 3.53. The zero-order valence-corrected chi connectivity index (χ0v) is 16.0. The molecule has 0 bridgehead atoms. The van der Waals surface area contributed by atoms with E-state index in [2.05, 4.69) is 45.5 Å². The van der Waals surface area contributed by atoms with Gasteiger partial charge in [-0.1, -0.05) is 28.1 Å². The SMILES string of the molecule is CN(CCNC1CC(c2cccc(Br)c2)C1)C(=O)OC(C)(C)C. The second-order valence-electron chi connectivity index (χ2n) is 7.28. The van der Waals surface area contributed by atoms with Crippen molar-refractivity contribution in [2.24, 2.45) is 0 Å². The summed E-state index contributed by atoms with van der Waals surface area (Å²) in [5, 5.41) is 3.52. The highest BCUT2D eigenvalue weighted by Gasteiger charge is 2.30. The molecule has 1 N–H and O–H groups in total. The first-order valence-corrected chi connectivity index (χ1v) is 8.97. The molecule has 1 aromatic carbocycles. The Bertz CT molecular complexity index is 536. The second-order valence-corrected chi connectivity index (χ2v) is 8.19. The van der Waals surface area contributed by atoms with Crippen molar-refractivity contribution in [3.63, 3.8) is 0 Å². The third-order valence-corrected chi connectivity index (χ3v) is 4.54. The van der Waals surface area contributed by atoms with Crippen LogP contribution in [-0.4, -0.2) is 42.8 Å². The molecule has 1 fully saturated rings. The van der Waals surface area contributed by atoms with Crippen LogP contribution in [0.3, 0.4) is 0 Å². The Labute approximate surface area is 147 Å². The van der Waals surface area contributed by atoms with Crippen molar-refractivity contribution < 1.29 is 9.53 Å². The van der Waals surface area contributed by atoms with Gasteiger partial charge in [-0.2, -0.15) is 0 Å². The van der Waals surface area contributed by atoms with Crippen molar-refractivity contribution >= 4 is 22.0 Å². The molecule has 1 aliphatic carbocycles. The van der Waals surface area contributed by atoms with Crippen LogP contribution in [0.5, 0.6) is 0 Å². The number of likely N-dealkylation sites (N-methyl/N-ethyl adjacent to an activating group) is 1. The fourth-order valence-corrected chi connectivity index (χ4v) is 3.10. The van der Waals surface area contributed by atoms with E-state index in [9.17, 15) is 4.79 Å². The summed E-state index contributed by atoms with van der Waals surface area (Å²) in [6.07, 6.45) is 2.05. The minimum absolute atomic E-state index is 0.264. The molecular weight excluding hydrogens is 356 g/mol. The topological polar surface area (TPSA) is 41.6 Å². The van der Waals surface area contributed by atoms with Crippen LogP contribution >= 0.6 is 15.9 Å². The zero-order valence-electron chi connectivity index (χ0n) is 14.4. The molecule has 1 aromatic rings. The van der Waals surface area contributed by atoms with Gasteiger partial charge in [0.2, 0.25) is 0 Å². The Morgan fingerprint density at radius 1 is 1.39 bits per heavy atom. The van der Waals surface area contributed by atoms with Gasteiger partial charge in [-0.25, -0.2) is 4.79 Å². The molecule has 0 spiro atoms. The summed E-state index contributed by atoms with van der Waals surface area (Å²) in [7, 11) is 1.78. The fourth-order valence-electron chi connectivity index (χ4n) is 2.68. The maximum Gasteiger partial charge on any atom is 0.410 e. The quantitative estimate of drug-likeness (QED) is 0.831. The standard InChI is InChI=1S/C18H27BrN2O2/c1-18(2,3)23-17(22)21(4)9-8-20-16-11-14(12-16)13-6-5-7-15(19)10-13/h5-7,10,14,16,20H,8-9,11-12H2,1-4H3. The van der Waals surface area contributed by atoms with Gasteiger partial charge in [0.1, 0.15) is 5.60 Å². The largest absolute Gasteiger partial charge is 0.444 e. The summed E-state index contributed by atoms with van der Waals surface area (Å²) in [5.74, 6) is 0.647. The van der Waals surface area contributed by atoms with Gasteiger partial charge in [0.05, 0.1) is 0 Å². The summed E-state index contributed by atoms with van der Waals surface area (Å²) in [6, 6.07) is 9.10. The van der Waals surface area contributed by atoms with Gasteiger partial charge in [0.25, 0.3) is 0 Å². The maximum atomic E-state index is 11.9. The summed E-state index contributed by atoms with van der Waals surface area (Å²) in [6.45, 7) is 7.10. The molecule has 1 amide bonds. The predicted octanol–water partition coefficient (Wildman–Crippen LogP) is 4.15. The van der Waals surface area contributed by atoms with Crippen molar-refractivity contribution in [2.45, 2.75) is 51.2 Å². The van der Waals surface area contributed by atoms with E-state index < -0.39 is 5.60 Å². The lowest BCUT2D eigenvalue weighted by Gasteiger charge is -2.37. The van der Waals surface area contributed by atoms with Crippen LogP contribution in [-0.2, 0) is 4.74 Å². The van der Waals surface area contributed by atoms with Gasteiger partial charge in [0, 0.05) is 30.7 Å². The van der Waals surface area contributed by atoms with Crippen molar-refractivity contribution in [2.75, 3.05) is 20.1 Å². The zero-order chi connectivity index (χ0) is 17.0. The van der Waals surface area contributed by atoms with E-state index in [-0.39, 0.29) is 6.09 Å². The highest BCUT2D eigenvalue weighted by molar-refractivity contribution is 9.10. The van der Waals surface area contributed by atoms with Gasteiger partial charge in [-0.15, -0.1) is 0 Å². The lowest BCUT2D eigenvalue weighted by atomic mass is 9.76. The van der Waals surface area contributed by atoms with Crippen LogP contribution in [0.15, 0.2) is 28.7 Å². The third-order valence-electron chi connectivity index (χ3n) is 4.04. The molecule has 0 saturated heterocycles. The first kappa shape index (κ1) is 18.3. The number of ether oxygens (including phenoxy) is 1. The summed E-state index contributed by atoms with van der Waals surface area (Å²) < 4.78 is 6.48. The molecule has 1 saturated carbocycles. The van der Waals surface area contributed by atoms with E-state index in [1.165, 1.54) is 5.56 Å². The molecule has 128 valence electrons. The van der Waals surface area contributed by atoms with E-state index in [4.69, 9.17) is 4.74 Å². The van der Waals surface area contributed by atoms with Crippen LogP contribution < -0.4 is 5.32 Å². The van der Waals surface area contributed by atoms with Gasteiger partial charge >= 0.3 is 6.09 Å². The normalized spacial score (nSPS) is 20.7. The Kier molecular flexibility index (Phi) is 6.09. The van der Waals surface area contributed by atoms with Crippen LogP contribution in [0.1, 0.15) is 45.1 Å². The maximum absolute atomic E-state index is 11.9. The Balaban J connectivity index is 1.64. The van der Waals surface area contributed by atoms with E-state index in [0.29, 0.717) is 18.5 Å². The number of rotatable bonds is 5. The molecule has 5 heteroatoms. The average Bonchev–Trinajstić information content (AvgIpc) is 2.39. The van der Waals surface area contributed by atoms with Crippen molar-refractivity contribution in [1.29, 1.82) is 0 Å². The van der Waals surface area contributed by atoms with Gasteiger partial charge in [-0.05, 0) is 57.2 Å². The molecule has 0 unspecified atom stereocenters. The number of halogens is 1. The second kappa shape index (κ2) is 7.67. The number of hydrogen-bond donors (Lipinski definition) is 1. The number of nitrogens with one attached hydrogen (secondary N) is 1. The number of amides is 1. The molecule has 4 nitrogen and oxygen atoms in total. The van der Waals surface area contributed by atoms with E-state index in [0.717, 1.165) is 23.9 Å². The average molecular weight is 383 g/mol. The van der Waals surface area contributed by atoms with Crippen LogP contribution in [0.25, 0.3) is 0 Å². The van der Waals surface area contributed by atoms with Crippen molar-refractivity contribution in [3.05, 3.63) is 34.3 Å². The smallest absolute Gasteiger partial charge is 0.410 e. The molecule has 0 atom stereocenters. The van der Waals surface area contributed by atoms with E-state index in [1.807, 2.05) is 20.8 Å². The number of benzene rings is 1. The van der Waals surface area contributed by atoms with Gasteiger partial charge < -0.3 is 15.0 Å². The molecular formula is C18H27BrN2O2. The first-order chi connectivity index (χ1) is 10.7.